The molecule has 1 atom stereocenters. The fourth-order valence-corrected chi connectivity index (χ4v) is 2.73. The molecule has 2 rings (SSSR count). The van der Waals surface area contributed by atoms with Crippen molar-refractivity contribution in [2.24, 2.45) is 0 Å². The average Bonchev–Trinajstić information content (AvgIpc) is 2.82. The van der Waals surface area contributed by atoms with Crippen molar-refractivity contribution in [3.8, 4) is 0 Å². The average molecular weight is 268 g/mol. The van der Waals surface area contributed by atoms with E-state index in [2.05, 4.69) is 23.5 Å². The normalized spacial score (nSPS) is 15.7. The summed E-state index contributed by atoms with van der Waals surface area (Å²) in [7, 11) is 1.69. The monoisotopic (exact) mass is 267 g/mol. The van der Waals surface area contributed by atoms with Gasteiger partial charge in [-0.25, -0.2) is 0 Å². The van der Waals surface area contributed by atoms with Gasteiger partial charge in [0, 0.05) is 13.7 Å². The Morgan fingerprint density at radius 3 is 3.00 bits per heavy atom. The number of halogens is 1. The second-order valence-electron chi connectivity index (χ2n) is 4.97. The van der Waals surface area contributed by atoms with Gasteiger partial charge in [-0.3, -0.25) is 0 Å². The topological polar surface area (TPSA) is 21.3 Å². The second kappa shape index (κ2) is 7.13. The van der Waals surface area contributed by atoms with Crippen LogP contribution in [0.5, 0.6) is 0 Å². The Kier molecular flexibility index (Phi) is 5.48. The molecule has 1 aliphatic rings. The molecule has 0 heterocycles. The quantitative estimate of drug-likeness (QED) is 0.606. The minimum absolute atomic E-state index is 0.113. The molecule has 1 aliphatic carbocycles. The molecule has 0 saturated heterocycles. The van der Waals surface area contributed by atoms with Crippen molar-refractivity contribution >= 4 is 11.6 Å². The first kappa shape index (κ1) is 13.9. The first-order chi connectivity index (χ1) is 8.79. The van der Waals surface area contributed by atoms with E-state index in [1.165, 1.54) is 24.8 Å². The molecule has 100 valence electrons. The van der Waals surface area contributed by atoms with E-state index < -0.39 is 0 Å². The number of methoxy groups -OCH3 is 1. The van der Waals surface area contributed by atoms with Gasteiger partial charge in [-0.15, -0.1) is 11.6 Å². The molecule has 1 aromatic carbocycles. The number of hydrogen-bond acceptors (Lipinski definition) is 2. The number of hydrogen-bond donors (Lipinski definition) is 1. The molecule has 0 bridgehead atoms. The number of fused-ring (bicyclic) bond motifs is 1. The fraction of sp³-hybridized carbons (Fsp3) is 0.600. The lowest BCUT2D eigenvalue weighted by Gasteiger charge is -2.10. The fourth-order valence-electron chi connectivity index (χ4n) is 2.49. The van der Waals surface area contributed by atoms with E-state index in [0.717, 1.165) is 19.5 Å². The van der Waals surface area contributed by atoms with Crippen molar-refractivity contribution in [3.05, 3.63) is 34.9 Å². The summed E-state index contributed by atoms with van der Waals surface area (Å²) < 4.78 is 5.01. The van der Waals surface area contributed by atoms with Gasteiger partial charge < -0.3 is 10.1 Å². The molecule has 0 spiro atoms. The minimum atomic E-state index is 0.113. The van der Waals surface area contributed by atoms with Crippen molar-refractivity contribution in [3.63, 3.8) is 0 Å². The number of aryl methyl sites for hydroxylation is 2. The highest BCUT2D eigenvalue weighted by atomic mass is 35.5. The van der Waals surface area contributed by atoms with Crippen LogP contribution in [0.25, 0.3) is 0 Å². The first-order valence-electron chi connectivity index (χ1n) is 6.74. The Morgan fingerprint density at radius 1 is 1.33 bits per heavy atom. The molecule has 2 nitrogen and oxygen atoms in total. The van der Waals surface area contributed by atoms with Crippen LogP contribution in [0.2, 0.25) is 0 Å². The summed E-state index contributed by atoms with van der Waals surface area (Å²) in [5, 5.41) is 3.56. The van der Waals surface area contributed by atoms with E-state index in [9.17, 15) is 0 Å². The van der Waals surface area contributed by atoms with Crippen LogP contribution in [0.15, 0.2) is 18.2 Å². The highest BCUT2D eigenvalue weighted by Crippen LogP contribution is 2.22. The molecular formula is C15H22ClNO. The Morgan fingerprint density at radius 2 is 2.17 bits per heavy atom. The maximum Gasteiger partial charge on any atom is 0.0626 e. The molecule has 0 aliphatic heterocycles. The zero-order valence-electron chi connectivity index (χ0n) is 11.0. The van der Waals surface area contributed by atoms with Crippen LogP contribution in [0.3, 0.4) is 0 Å². The summed E-state index contributed by atoms with van der Waals surface area (Å²) in [6.07, 6.45) is 4.77. The van der Waals surface area contributed by atoms with Crippen LogP contribution in [0.1, 0.15) is 29.5 Å². The lowest BCUT2D eigenvalue weighted by molar-refractivity contribution is 0.195. The molecule has 0 radical (unpaired) electrons. The molecule has 18 heavy (non-hydrogen) atoms. The van der Waals surface area contributed by atoms with E-state index in [1.54, 1.807) is 18.2 Å². The largest absolute Gasteiger partial charge is 0.383 e. The lowest BCUT2D eigenvalue weighted by Crippen LogP contribution is -2.20. The smallest absolute Gasteiger partial charge is 0.0626 e. The van der Waals surface area contributed by atoms with Crippen molar-refractivity contribution in [2.75, 3.05) is 20.3 Å². The molecule has 0 saturated carbocycles. The second-order valence-corrected chi connectivity index (χ2v) is 5.59. The third-order valence-corrected chi connectivity index (χ3v) is 3.82. The third kappa shape index (κ3) is 3.98. The Bertz CT molecular complexity index is 381. The van der Waals surface area contributed by atoms with Gasteiger partial charge in [0.15, 0.2) is 0 Å². The van der Waals surface area contributed by atoms with E-state index >= 15 is 0 Å². The zero-order valence-corrected chi connectivity index (χ0v) is 11.8. The molecule has 0 aromatic heterocycles. The molecular weight excluding hydrogens is 246 g/mol. The van der Waals surface area contributed by atoms with Crippen LogP contribution < -0.4 is 5.32 Å². The molecule has 3 heteroatoms. The number of benzene rings is 1. The Balaban J connectivity index is 1.70. The van der Waals surface area contributed by atoms with E-state index in [4.69, 9.17) is 16.3 Å². The SMILES string of the molecule is COCC(Cl)CCNCc1ccc2c(c1)CCC2. The van der Waals surface area contributed by atoms with Crippen LogP contribution in [0, 0.1) is 0 Å². The van der Waals surface area contributed by atoms with E-state index in [1.807, 2.05) is 0 Å². The number of alkyl halides is 1. The number of rotatable bonds is 7. The lowest BCUT2D eigenvalue weighted by atomic mass is 10.1. The summed E-state index contributed by atoms with van der Waals surface area (Å²) in [6, 6.07) is 6.88. The maximum absolute atomic E-state index is 6.07. The maximum atomic E-state index is 6.07. The van der Waals surface area contributed by atoms with Crippen molar-refractivity contribution in [2.45, 2.75) is 37.6 Å². The van der Waals surface area contributed by atoms with Crippen LogP contribution in [-0.2, 0) is 24.1 Å². The molecule has 0 amide bonds. The predicted octanol–water partition coefficient (Wildman–Crippen LogP) is 2.91. The van der Waals surface area contributed by atoms with Gasteiger partial charge in [0.2, 0.25) is 0 Å². The Hall–Kier alpha value is -0.570. The van der Waals surface area contributed by atoms with Gasteiger partial charge in [0.05, 0.1) is 12.0 Å². The van der Waals surface area contributed by atoms with E-state index in [-0.39, 0.29) is 5.38 Å². The zero-order chi connectivity index (χ0) is 12.8. The van der Waals surface area contributed by atoms with Crippen molar-refractivity contribution < 1.29 is 4.74 Å². The van der Waals surface area contributed by atoms with Gasteiger partial charge in [0.25, 0.3) is 0 Å². The molecule has 1 unspecified atom stereocenters. The van der Waals surface area contributed by atoms with Gasteiger partial charge in [-0.1, -0.05) is 18.2 Å². The van der Waals surface area contributed by atoms with Crippen LogP contribution >= 0.6 is 11.6 Å². The third-order valence-electron chi connectivity index (χ3n) is 3.47. The molecule has 0 fully saturated rings. The van der Waals surface area contributed by atoms with Crippen LogP contribution in [-0.4, -0.2) is 25.6 Å². The van der Waals surface area contributed by atoms with Gasteiger partial charge in [0.1, 0.15) is 0 Å². The molecule has 1 aromatic rings. The summed E-state index contributed by atoms with van der Waals surface area (Å²) in [6.45, 7) is 2.50. The van der Waals surface area contributed by atoms with Crippen molar-refractivity contribution in [1.29, 1.82) is 0 Å². The molecule has 1 N–H and O–H groups in total. The van der Waals surface area contributed by atoms with E-state index in [0.29, 0.717) is 6.61 Å². The minimum Gasteiger partial charge on any atom is -0.383 e. The summed E-state index contributed by atoms with van der Waals surface area (Å²) in [5.41, 5.74) is 4.47. The number of ether oxygens (including phenoxy) is 1. The highest BCUT2D eigenvalue weighted by Gasteiger charge is 2.10. The van der Waals surface area contributed by atoms with Crippen molar-refractivity contribution in [1.82, 2.24) is 5.32 Å². The van der Waals surface area contributed by atoms with Gasteiger partial charge >= 0.3 is 0 Å². The number of nitrogens with one attached hydrogen (secondary N) is 1. The summed E-state index contributed by atoms with van der Waals surface area (Å²) in [5.74, 6) is 0. The highest BCUT2D eigenvalue weighted by molar-refractivity contribution is 6.20. The van der Waals surface area contributed by atoms with Gasteiger partial charge in [-0.05, 0) is 48.9 Å². The van der Waals surface area contributed by atoms with Gasteiger partial charge in [-0.2, -0.15) is 0 Å². The predicted molar refractivity (Wildman–Crippen MR) is 76.3 cm³/mol. The Labute approximate surface area is 115 Å². The summed E-state index contributed by atoms with van der Waals surface area (Å²) in [4.78, 5) is 0. The first-order valence-corrected chi connectivity index (χ1v) is 7.17. The standard InChI is InChI=1S/C15H22ClNO/c1-18-11-15(16)7-8-17-10-12-5-6-13-3-2-4-14(13)9-12/h5-6,9,15,17H,2-4,7-8,10-11H2,1H3. The van der Waals surface area contributed by atoms with Crippen LogP contribution in [0.4, 0.5) is 0 Å². The summed E-state index contributed by atoms with van der Waals surface area (Å²) >= 11 is 6.07.